The van der Waals surface area contributed by atoms with E-state index in [0.717, 1.165) is 19.4 Å². The molecule has 3 atom stereocenters. The molecular weight excluding hydrogens is 222 g/mol. The summed E-state index contributed by atoms with van der Waals surface area (Å²) in [4.78, 5) is 24.5. The summed E-state index contributed by atoms with van der Waals surface area (Å²) in [6.07, 6.45) is 3.50. The van der Waals surface area contributed by atoms with Gasteiger partial charge in [0.25, 0.3) is 0 Å². The summed E-state index contributed by atoms with van der Waals surface area (Å²) in [5.74, 6) is -1.69. The second-order valence-electron chi connectivity index (χ2n) is 4.98. The van der Waals surface area contributed by atoms with Gasteiger partial charge in [-0.2, -0.15) is 0 Å². The topological polar surface area (TPSA) is 66.8 Å². The Morgan fingerprint density at radius 3 is 2.47 bits per heavy atom. The van der Waals surface area contributed by atoms with Crippen LogP contribution in [0.2, 0.25) is 0 Å². The molecule has 1 amide bonds. The number of likely N-dealkylation sites (N-methyl/N-ethyl adjacent to an activating group) is 1. The highest BCUT2D eigenvalue weighted by atomic mass is 16.5. The van der Waals surface area contributed by atoms with Crippen molar-refractivity contribution < 1.29 is 19.4 Å². The predicted molar refractivity (Wildman–Crippen MR) is 60.5 cm³/mol. The van der Waals surface area contributed by atoms with Crippen LogP contribution in [0, 0.1) is 11.8 Å². The van der Waals surface area contributed by atoms with Crippen molar-refractivity contribution in [1.29, 1.82) is 0 Å². The molecule has 0 aromatic heterocycles. The lowest BCUT2D eigenvalue weighted by Crippen LogP contribution is -2.46. The average Bonchev–Trinajstić information content (AvgIpc) is 2.67. The van der Waals surface area contributed by atoms with Gasteiger partial charge in [-0.15, -0.1) is 0 Å². The van der Waals surface area contributed by atoms with Crippen molar-refractivity contribution in [3.05, 3.63) is 0 Å². The Labute approximate surface area is 101 Å². The van der Waals surface area contributed by atoms with E-state index in [1.54, 1.807) is 11.9 Å². The molecule has 5 nitrogen and oxygen atoms in total. The SMILES string of the molecule is CN(CC1CCCO1)C(=O)C1CCC1C(=O)O. The maximum Gasteiger partial charge on any atom is 0.307 e. The molecule has 1 saturated carbocycles. The van der Waals surface area contributed by atoms with E-state index in [4.69, 9.17) is 9.84 Å². The van der Waals surface area contributed by atoms with Crippen LogP contribution < -0.4 is 0 Å². The fourth-order valence-electron chi connectivity index (χ4n) is 2.56. The molecule has 5 heteroatoms. The van der Waals surface area contributed by atoms with Gasteiger partial charge < -0.3 is 14.7 Å². The first-order chi connectivity index (χ1) is 8.09. The van der Waals surface area contributed by atoms with Gasteiger partial charge in [-0.1, -0.05) is 0 Å². The minimum Gasteiger partial charge on any atom is -0.481 e. The number of carbonyl (C=O) groups excluding carboxylic acids is 1. The number of nitrogens with zero attached hydrogens (tertiary/aromatic N) is 1. The number of hydrogen-bond acceptors (Lipinski definition) is 3. The molecule has 2 rings (SSSR count). The summed E-state index contributed by atoms with van der Waals surface area (Å²) in [5.41, 5.74) is 0. The number of hydrogen-bond donors (Lipinski definition) is 1. The highest BCUT2D eigenvalue weighted by Gasteiger charge is 2.42. The van der Waals surface area contributed by atoms with Crippen LogP contribution in [0.3, 0.4) is 0 Å². The molecule has 1 aliphatic heterocycles. The monoisotopic (exact) mass is 241 g/mol. The van der Waals surface area contributed by atoms with Gasteiger partial charge in [-0.3, -0.25) is 9.59 Å². The van der Waals surface area contributed by atoms with Gasteiger partial charge in [0.05, 0.1) is 17.9 Å². The van der Waals surface area contributed by atoms with Gasteiger partial charge in [-0.05, 0) is 25.7 Å². The van der Waals surface area contributed by atoms with Crippen molar-refractivity contribution in [2.24, 2.45) is 11.8 Å². The van der Waals surface area contributed by atoms with E-state index in [1.807, 2.05) is 0 Å². The van der Waals surface area contributed by atoms with E-state index in [2.05, 4.69) is 0 Å². The van der Waals surface area contributed by atoms with Gasteiger partial charge in [0, 0.05) is 20.2 Å². The molecule has 1 heterocycles. The Kier molecular flexibility index (Phi) is 3.66. The van der Waals surface area contributed by atoms with E-state index in [1.165, 1.54) is 0 Å². The zero-order chi connectivity index (χ0) is 12.4. The fourth-order valence-corrected chi connectivity index (χ4v) is 2.56. The normalized spacial score (nSPS) is 31.9. The number of aliphatic carboxylic acids is 1. The van der Waals surface area contributed by atoms with Crippen LogP contribution in [-0.2, 0) is 14.3 Å². The van der Waals surface area contributed by atoms with Gasteiger partial charge >= 0.3 is 5.97 Å². The minimum absolute atomic E-state index is 0.0425. The van der Waals surface area contributed by atoms with E-state index in [9.17, 15) is 9.59 Å². The summed E-state index contributed by atoms with van der Waals surface area (Å²) in [5, 5.41) is 8.92. The van der Waals surface area contributed by atoms with Crippen molar-refractivity contribution in [3.8, 4) is 0 Å². The molecule has 1 saturated heterocycles. The standard InChI is InChI=1S/C12H19NO4/c1-13(7-8-3-2-6-17-8)11(14)9-4-5-10(9)12(15)16/h8-10H,2-7H2,1H3,(H,15,16). The number of ether oxygens (including phenoxy) is 1. The van der Waals surface area contributed by atoms with Crippen LogP contribution in [0.4, 0.5) is 0 Å². The van der Waals surface area contributed by atoms with Gasteiger partial charge in [0.2, 0.25) is 5.91 Å². The maximum atomic E-state index is 12.0. The number of amides is 1. The summed E-state index contributed by atoms with van der Waals surface area (Å²) in [7, 11) is 1.74. The highest BCUT2D eigenvalue weighted by molar-refractivity contribution is 5.86. The van der Waals surface area contributed by atoms with Crippen LogP contribution in [0.1, 0.15) is 25.7 Å². The van der Waals surface area contributed by atoms with Crippen LogP contribution >= 0.6 is 0 Å². The summed E-state index contributed by atoms with van der Waals surface area (Å²) in [6, 6.07) is 0. The smallest absolute Gasteiger partial charge is 0.307 e. The Morgan fingerprint density at radius 2 is 2.00 bits per heavy atom. The molecule has 0 bridgehead atoms. The number of rotatable bonds is 4. The molecule has 96 valence electrons. The summed E-state index contributed by atoms with van der Waals surface area (Å²) < 4.78 is 5.47. The van der Waals surface area contributed by atoms with Crippen molar-refractivity contribution in [1.82, 2.24) is 4.90 Å². The summed E-state index contributed by atoms with van der Waals surface area (Å²) >= 11 is 0. The van der Waals surface area contributed by atoms with Crippen LogP contribution in [0.5, 0.6) is 0 Å². The Bertz CT molecular complexity index is 312. The first kappa shape index (κ1) is 12.4. The molecule has 3 unspecified atom stereocenters. The fraction of sp³-hybridized carbons (Fsp3) is 0.833. The van der Waals surface area contributed by atoms with E-state index >= 15 is 0 Å². The maximum absolute atomic E-state index is 12.0. The van der Waals surface area contributed by atoms with Gasteiger partial charge in [-0.25, -0.2) is 0 Å². The lowest BCUT2D eigenvalue weighted by Gasteiger charge is -2.35. The van der Waals surface area contributed by atoms with Crippen molar-refractivity contribution >= 4 is 11.9 Å². The average molecular weight is 241 g/mol. The van der Waals surface area contributed by atoms with E-state index in [0.29, 0.717) is 19.4 Å². The lowest BCUT2D eigenvalue weighted by atomic mass is 9.73. The number of carboxylic acids is 1. The second-order valence-corrected chi connectivity index (χ2v) is 4.98. The quantitative estimate of drug-likeness (QED) is 0.788. The highest BCUT2D eigenvalue weighted by Crippen LogP contribution is 2.35. The molecule has 1 aliphatic carbocycles. The molecule has 17 heavy (non-hydrogen) atoms. The zero-order valence-corrected chi connectivity index (χ0v) is 10.1. The predicted octanol–water partition coefficient (Wildman–Crippen LogP) is 0.735. The molecule has 0 aromatic rings. The molecule has 0 aromatic carbocycles. The Hall–Kier alpha value is -1.10. The molecule has 1 N–H and O–H groups in total. The third-order valence-corrected chi connectivity index (χ3v) is 3.79. The number of carboxylic acid groups (broad SMARTS) is 1. The molecule has 0 radical (unpaired) electrons. The molecular formula is C12H19NO4. The lowest BCUT2D eigenvalue weighted by molar-refractivity contribution is -0.156. The Balaban J connectivity index is 1.84. The third-order valence-electron chi connectivity index (χ3n) is 3.79. The van der Waals surface area contributed by atoms with E-state index in [-0.39, 0.29) is 17.9 Å². The minimum atomic E-state index is -0.847. The largest absolute Gasteiger partial charge is 0.481 e. The summed E-state index contributed by atoms with van der Waals surface area (Å²) in [6.45, 7) is 1.36. The van der Waals surface area contributed by atoms with Crippen molar-refractivity contribution in [3.63, 3.8) is 0 Å². The van der Waals surface area contributed by atoms with Crippen LogP contribution in [-0.4, -0.2) is 48.2 Å². The van der Waals surface area contributed by atoms with Crippen molar-refractivity contribution in [2.75, 3.05) is 20.2 Å². The van der Waals surface area contributed by atoms with Crippen molar-refractivity contribution in [2.45, 2.75) is 31.8 Å². The zero-order valence-electron chi connectivity index (χ0n) is 10.1. The number of carbonyl (C=O) groups is 2. The first-order valence-corrected chi connectivity index (χ1v) is 6.19. The second kappa shape index (κ2) is 5.04. The van der Waals surface area contributed by atoms with Crippen LogP contribution in [0.25, 0.3) is 0 Å². The molecule has 0 spiro atoms. The van der Waals surface area contributed by atoms with Gasteiger partial charge in [0.15, 0.2) is 0 Å². The van der Waals surface area contributed by atoms with Crippen LogP contribution in [0.15, 0.2) is 0 Å². The third kappa shape index (κ3) is 2.60. The molecule has 2 fully saturated rings. The first-order valence-electron chi connectivity index (χ1n) is 6.19. The van der Waals surface area contributed by atoms with Gasteiger partial charge in [0.1, 0.15) is 0 Å². The molecule has 2 aliphatic rings. The van der Waals surface area contributed by atoms with E-state index < -0.39 is 11.9 Å². The Morgan fingerprint density at radius 1 is 1.29 bits per heavy atom.